The summed E-state index contributed by atoms with van der Waals surface area (Å²) in [5.74, 6) is 0.861. The molecule has 2 amide bonds. The molecular formula is C34H38N6O4S2. The standard InChI is InChI=1S/C34H38N6O4S2/c1-23-9-11-26(12-10-23)40-31(22-30(37-40)34(2,3)4)36-33(41)35-27-8-6-5-7-25(27)21-24-15-18-39(19-16-24)46(42,43)32-14-13-29(45-32)28-17-20-44-38-28/h5-14,17,20,22,24H,15-16,18-19,21H2,1-4H3,(H2,35,36,41). The number of thiophene rings is 1. The molecule has 12 heteroatoms. The van der Waals surface area contributed by atoms with Gasteiger partial charge in [0.15, 0.2) is 0 Å². The van der Waals surface area contributed by atoms with Gasteiger partial charge in [-0.2, -0.15) is 9.40 Å². The molecule has 0 atom stereocenters. The zero-order chi connectivity index (χ0) is 32.5. The quantitative estimate of drug-likeness (QED) is 0.178. The van der Waals surface area contributed by atoms with Crippen molar-refractivity contribution in [2.45, 2.75) is 56.6 Å². The minimum absolute atomic E-state index is 0.200. The van der Waals surface area contributed by atoms with Crippen LogP contribution in [0, 0.1) is 12.8 Å². The highest BCUT2D eigenvalue weighted by atomic mass is 32.2. The molecule has 240 valence electrons. The average molecular weight is 659 g/mol. The van der Waals surface area contributed by atoms with Gasteiger partial charge >= 0.3 is 6.03 Å². The number of nitrogens with one attached hydrogen (secondary N) is 2. The molecule has 1 aliphatic rings. The van der Waals surface area contributed by atoms with Gasteiger partial charge < -0.3 is 9.84 Å². The normalized spacial score (nSPS) is 14.8. The minimum Gasteiger partial charge on any atom is -0.364 e. The number of urea groups is 1. The maximum Gasteiger partial charge on any atom is 0.324 e. The molecule has 10 nitrogen and oxygen atoms in total. The van der Waals surface area contributed by atoms with E-state index in [4.69, 9.17) is 9.62 Å². The number of aromatic nitrogens is 3. The number of nitrogens with zero attached hydrogens (tertiary/aromatic N) is 4. The number of para-hydroxylation sites is 1. The number of benzene rings is 2. The lowest BCUT2D eigenvalue weighted by molar-refractivity contribution is 0.261. The number of sulfonamides is 1. The Kier molecular flexibility index (Phi) is 8.86. The van der Waals surface area contributed by atoms with E-state index in [0.29, 0.717) is 28.8 Å². The van der Waals surface area contributed by atoms with Crippen LogP contribution in [0.2, 0.25) is 0 Å². The summed E-state index contributed by atoms with van der Waals surface area (Å²) in [4.78, 5) is 14.1. The Balaban J connectivity index is 1.10. The largest absolute Gasteiger partial charge is 0.364 e. The summed E-state index contributed by atoms with van der Waals surface area (Å²) in [5, 5.41) is 14.8. The molecule has 4 heterocycles. The third-order valence-electron chi connectivity index (χ3n) is 8.21. The van der Waals surface area contributed by atoms with Crippen molar-refractivity contribution in [3.8, 4) is 16.3 Å². The Morgan fingerprint density at radius 3 is 2.43 bits per heavy atom. The van der Waals surface area contributed by atoms with E-state index in [1.165, 1.54) is 17.6 Å². The Hall–Kier alpha value is -4.26. The number of amides is 2. The highest BCUT2D eigenvalue weighted by molar-refractivity contribution is 7.91. The predicted molar refractivity (Wildman–Crippen MR) is 181 cm³/mol. The summed E-state index contributed by atoms with van der Waals surface area (Å²) >= 11 is 1.20. The van der Waals surface area contributed by atoms with Gasteiger partial charge in [0.25, 0.3) is 10.0 Å². The van der Waals surface area contributed by atoms with E-state index in [1.807, 2.05) is 61.5 Å². The SMILES string of the molecule is Cc1ccc(-n2nc(C(C)(C)C)cc2NC(=O)Nc2ccccc2CC2CCN(S(=O)(=O)c3ccc(-c4ccon4)s3)CC2)cc1. The molecule has 2 aromatic carbocycles. The van der Waals surface area contributed by atoms with Gasteiger partial charge in [-0.25, -0.2) is 17.9 Å². The van der Waals surface area contributed by atoms with Crippen LogP contribution in [0.1, 0.15) is 50.4 Å². The van der Waals surface area contributed by atoms with Crippen molar-refractivity contribution >= 4 is 38.9 Å². The lowest BCUT2D eigenvalue weighted by atomic mass is 9.90. The minimum atomic E-state index is -3.59. The van der Waals surface area contributed by atoms with Gasteiger partial charge in [0.2, 0.25) is 0 Å². The van der Waals surface area contributed by atoms with Gasteiger partial charge in [-0.05, 0) is 68.0 Å². The van der Waals surface area contributed by atoms with Crippen molar-refractivity contribution < 1.29 is 17.7 Å². The Morgan fingerprint density at radius 1 is 1.00 bits per heavy atom. The van der Waals surface area contributed by atoms with Crippen LogP contribution >= 0.6 is 11.3 Å². The van der Waals surface area contributed by atoms with Crippen molar-refractivity contribution in [3.63, 3.8) is 0 Å². The summed E-state index contributed by atoms with van der Waals surface area (Å²) in [6, 6.07) is 22.5. The van der Waals surface area contributed by atoms with Crippen molar-refractivity contribution in [2.24, 2.45) is 5.92 Å². The van der Waals surface area contributed by atoms with Crippen LogP contribution < -0.4 is 10.6 Å². The van der Waals surface area contributed by atoms with E-state index in [0.717, 1.165) is 52.3 Å². The van der Waals surface area contributed by atoms with E-state index < -0.39 is 10.0 Å². The monoisotopic (exact) mass is 658 g/mol. The highest BCUT2D eigenvalue weighted by Gasteiger charge is 2.31. The van der Waals surface area contributed by atoms with Crippen LogP contribution in [-0.2, 0) is 21.9 Å². The fourth-order valence-electron chi connectivity index (χ4n) is 5.54. The number of anilines is 2. The van der Waals surface area contributed by atoms with Crippen LogP contribution in [0.15, 0.2) is 87.8 Å². The number of hydrogen-bond donors (Lipinski definition) is 2. The van der Waals surface area contributed by atoms with E-state index >= 15 is 0 Å². The summed E-state index contributed by atoms with van der Waals surface area (Å²) in [6.07, 6.45) is 3.66. The first-order valence-corrected chi connectivity index (χ1v) is 17.6. The molecule has 3 aromatic heterocycles. The first-order valence-electron chi connectivity index (χ1n) is 15.3. The molecule has 0 bridgehead atoms. The third kappa shape index (κ3) is 6.93. The molecule has 1 aliphatic heterocycles. The molecule has 0 spiro atoms. The summed E-state index contributed by atoms with van der Waals surface area (Å²) in [5.41, 5.74) is 5.03. The Labute approximate surface area is 273 Å². The number of carbonyl (C=O) groups excluding carboxylic acids is 1. The molecule has 6 rings (SSSR count). The lowest BCUT2D eigenvalue weighted by Gasteiger charge is -2.31. The maximum atomic E-state index is 13.4. The van der Waals surface area contributed by atoms with Gasteiger partial charge in [0, 0.05) is 36.3 Å². The summed E-state index contributed by atoms with van der Waals surface area (Å²) in [6.45, 7) is 9.19. The van der Waals surface area contributed by atoms with Gasteiger partial charge in [0.05, 0.1) is 16.3 Å². The van der Waals surface area contributed by atoms with Gasteiger partial charge in [-0.15, -0.1) is 11.3 Å². The fourth-order valence-corrected chi connectivity index (χ4v) is 8.43. The van der Waals surface area contributed by atoms with Crippen molar-refractivity contribution in [1.29, 1.82) is 0 Å². The van der Waals surface area contributed by atoms with Crippen LogP contribution in [0.4, 0.5) is 16.3 Å². The molecule has 1 saturated heterocycles. The third-order valence-corrected chi connectivity index (χ3v) is 11.7. The zero-order valence-corrected chi connectivity index (χ0v) is 28.0. The van der Waals surface area contributed by atoms with Crippen LogP contribution in [0.3, 0.4) is 0 Å². The van der Waals surface area contributed by atoms with Crippen molar-refractivity contribution in [3.05, 3.63) is 95.9 Å². The molecule has 2 N–H and O–H groups in total. The Bertz CT molecular complexity index is 1910. The molecular weight excluding hydrogens is 621 g/mol. The van der Waals surface area contributed by atoms with E-state index in [9.17, 15) is 13.2 Å². The molecule has 0 aliphatic carbocycles. The van der Waals surface area contributed by atoms with E-state index in [-0.39, 0.29) is 17.4 Å². The summed E-state index contributed by atoms with van der Waals surface area (Å²) in [7, 11) is -3.59. The molecule has 0 unspecified atom stereocenters. The smallest absolute Gasteiger partial charge is 0.324 e. The zero-order valence-electron chi connectivity index (χ0n) is 26.4. The number of rotatable bonds is 8. The molecule has 46 heavy (non-hydrogen) atoms. The highest BCUT2D eigenvalue weighted by Crippen LogP contribution is 2.34. The molecule has 1 fully saturated rings. The maximum absolute atomic E-state index is 13.4. The molecule has 0 radical (unpaired) electrons. The van der Waals surface area contributed by atoms with Crippen molar-refractivity contribution in [1.82, 2.24) is 19.2 Å². The van der Waals surface area contributed by atoms with E-state index in [2.05, 4.69) is 36.6 Å². The molecule has 0 saturated carbocycles. The number of piperidine rings is 1. The molecule has 5 aromatic rings. The number of hydrogen-bond acceptors (Lipinski definition) is 7. The van der Waals surface area contributed by atoms with Crippen LogP contribution in [-0.4, -0.2) is 46.8 Å². The van der Waals surface area contributed by atoms with Gasteiger partial charge in [-0.1, -0.05) is 61.8 Å². The van der Waals surface area contributed by atoms with Crippen LogP contribution in [0.25, 0.3) is 16.3 Å². The fraction of sp³-hybridized carbons (Fsp3) is 0.324. The first kappa shape index (κ1) is 31.7. The first-order chi connectivity index (χ1) is 22.0. The topological polar surface area (TPSA) is 122 Å². The second-order valence-electron chi connectivity index (χ2n) is 12.7. The lowest BCUT2D eigenvalue weighted by Crippen LogP contribution is -2.38. The average Bonchev–Trinajstić information content (AvgIpc) is 3.80. The van der Waals surface area contributed by atoms with E-state index in [1.54, 1.807) is 27.2 Å². The second kappa shape index (κ2) is 12.9. The summed E-state index contributed by atoms with van der Waals surface area (Å²) < 4.78 is 35.3. The Morgan fingerprint density at radius 2 is 1.74 bits per heavy atom. The predicted octanol–water partition coefficient (Wildman–Crippen LogP) is 7.48. The second-order valence-corrected chi connectivity index (χ2v) is 16.0. The van der Waals surface area contributed by atoms with Gasteiger partial charge in [-0.3, -0.25) is 5.32 Å². The van der Waals surface area contributed by atoms with Gasteiger partial charge in [0.1, 0.15) is 22.0 Å². The number of aryl methyl sites for hydroxylation is 1. The van der Waals surface area contributed by atoms with Crippen molar-refractivity contribution in [2.75, 3.05) is 23.7 Å². The number of carbonyl (C=O) groups is 1. The van der Waals surface area contributed by atoms with Crippen LogP contribution in [0.5, 0.6) is 0 Å².